The minimum absolute atomic E-state index is 0.0120. The maximum Gasteiger partial charge on any atom is 0.250 e. The van der Waals surface area contributed by atoms with Crippen molar-refractivity contribution in [2.24, 2.45) is 40.4 Å². The molecule has 8 atom stereocenters. The molecular weight excluding hydrogens is 500 g/mol. The Bertz CT molecular complexity index is 1100. The molecule has 1 aromatic carbocycles. The summed E-state index contributed by atoms with van der Waals surface area (Å²) < 4.78 is 5.73. The van der Waals surface area contributed by atoms with Gasteiger partial charge in [-0.25, -0.2) is 0 Å². The van der Waals surface area contributed by atoms with Crippen LogP contribution in [0.25, 0.3) is 0 Å². The molecule has 220 valence electrons. The van der Waals surface area contributed by atoms with Gasteiger partial charge in [-0.15, -0.1) is 0 Å². The van der Waals surface area contributed by atoms with Crippen molar-refractivity contribution in [2.45, 2.75) is 97.9 Å². The highest BCUT2D eigenvalue weighted by molar-refractivity contribution is 5.95. The largest absolute Gasteiger partial charge is 0.372 e. The molecule has 6 heteroatoms. The van der Waals surface area contributed by atoms with Crippen LogP contribution in [-0.4, -0.2) is 48.8 Å². The zero-order valence-corrected chi connectivity index (χ0v) is 25.3. The van der Waals surface area contributed by atoms with E-state index in [0.29, 0.717) is 41.1 Å². The monoisotopic (exact) mass is 550 g/mol. The number of likely N-dealkylation sites (tertiary alicyclic amines) is 1. The molecule has 3 aliphatic carbocycles. The molecule has 1 N–H and O–H groups in total. The molecular formula is C34H50N2O4. The summed E-state index contributed by atoms with van der Waals surface area (Å²) in [6.07, 6.45) is 11.8. The van der Waals surface area contributed by atoms with Gasteiger partial charge in [0.05, 0.1) is 0 Å². The second-order valence-electron chi connectivity index (χ2n) is 14.1. The van der Waals surface area contributed by atoms with Gasteiger partial charge in [-0.1, -0.05) is 20.8 Å². The van der Waals surface area contributed by atoms with Crippen molar-refractivity contribution in [3.05, 3.63) is 29.8 Å². The average molecular weight is 551 g/mol. The number of ketones is 1. The Labute approximate surface area is 241 Å². The van der Waals surface area contributed by atoms with Gasteiger partial charge in [0.25, 0.3) is 0 Å². The zero-order chi connectivity index (χ0) is 28.7. The van der Waals surface area contributed by atoms with Crippen LogP contribution < -0.4 is 5.32 Å². The summed E-state index contributed by atoms with van der Waals surface area (Å²) in [6, 6.07) is 7.38. The first-order valence-electron chi connectivity index (χ1n) is 15.8. The number of benzene rings is 1. The first-order valence-corrected chi connectivity index (χ1v) is 15.8. The number of rotatable bonds is 9. The summed E-state index contributed by atoms with van der Waals surface area (Å²) in [5.74, 6) is 4.03. The van der Waals surface area contributed by atoms with Gasteiger partial charge in [0.2, 0.25) is 11.8 Å². The topological polar surface area (TPSA) is 75.7 Å². The Kier molecular flexibility index (Phi) is 8.48. The highest BCUT2D eigenvalue weighted by Crippen LogP contribution is 2.67. The van der Waals surface area contributed by atoms with Gasteiger partial charge >= 0.3 is 0 Å². The lowest BCUT2D eigenvalue weighted by atomic mass is 9.46. The first-order chi connectivity index (χ1) is 19.0. The predicted octanol–water partition coefficient (Wildman–Crippen LogP) is 6.74. The summed E-state index contributed by atoms with van der Waals surface area (Å²) in [6.45, 7) is 9.75. The fourth-order valence-electron chi connectivity index (χ4n) is 9.98. The minimum Gasteiger partial charge on any atom is -0.372 e. The number of carbonyl (C=O) groups is 3. The van der Waals surface area contributed by atoms with Crippen molar-refractivity contribution in [3.8, 4) is 0 Å². The van der Waals surface area contributed by atoms with Crippen LogP contribution in [-0.2, 0) is 14.3 Å². The van der Waals surface area contributed by atoms with E-state index in [1.807, 2.05) is 0 Å². The van der Waals surface area contributed by atoms with E-state index in [2.05, 4.69) is 38.0 Å². The Morgan fingerprint density at radius 1 is 1.02 bits per heavy atom. The van der Waals surface area contributed by atoms with Crippen LogP contribution in [0.2, 0.25) is 0 Å². The van der Waals surface area contributed by atoms with Crippen LogP contribution in [0, 0.1) is 40.4 Å². The van der Waals surface area contributed by atoms with Crippen molar-refractivity contribution in [3.63, 3.8) is 0 Å². The van der Waals surface area contributed by atoms with E-state index in [1.54, 1.807) is 24.3 Å². The molecule has 4 fully saturated rings. The molecule has 1 aromatic rings. The molecule has 4 aliphatic rings. The SMILES string of the molecule is CC(=O)c1ccc(NC(=O)COCCC[C@@H](C)[C@H]2CC[C@H]3[C@@H]4CC[C@H]5N(C)C(=O)CC[C@]5(C)[C@H]4CC[C@]23C)cc1. The third-order valence-electron chi connectivity index (χ3n) is 12.1. The lowest BCUT2D eigenvalue weighted by molar-refractivity contribution is -0.158. The quantitative estimate of drug-likeness (QED) is 0.273. The molecule has 0 aromatic heterocycles. The summed E-state index contributed by atoms with van der Waals surface area (Å²) in [4.78, 5) is 38.2. The van der Waals surface area contributed by atoms with Crippen LogP contribution in [0.15, 0.2) is 24.3 Å². The van der Waals surface area contributed by atoms with E-state index in [1.165, 1.54) is 45.4 Å². The van der Waals surface area contributed by atoms with Crippen LogP contribution in [0.3, 0.4) is 0 Å². The number of amides is 2. The van der Waals surface area contributed by atoms with Gasteiger partial charge in [-0.05, 0) is 129 Å². The summed E-state index contributed by atoms with van der Waals surface area (Å²) in [5, 5.41) is 2.84. The van der Waals surface area contributed by atoms with Gasteiger partial charge in [-0.3, -0.25) is 14.4 Å². The molecule has 0 spiro atoms. The Hall–Kier alpha value is -2.21. The highest BCUT2D eigenvalue weighted by Gasteiger charge is 2.61. The van der Waals surface area contributed by atoms with Crippen LogP contribution in [0.1, 0.15) is 102 Å². The first kappa shape index (κ1) is 29.3. The standard InChI is InChI=1S/C34H50N2O4/c1-22(7-6-20-40-21-31(38)35-25-10-8-24(9-11-25)23(2)37)27-13-14-28-26-12-15-30-34(4,19-17-32(39)36(30)5)29(26)16-18-33(27,28)3/h8-11,22,26-30H,6-7,12-21H2,1-5H3,(H,35,38)/t22-,26+,27-,28+,29+,30-,33-,34-/m1/s1. The molecule has 0 unspecified atom stereocenters. The van der Waals surface area contributed by atoms with Gasteiger partial charge in [0, 0.05) is 37.4 Å². The molecule has 1 heterocycles. The van der Waals surface area contributed by atoms with E-state index < -0.39 is 0 Å². The van der Waals surface area contributed by atoms with Gasteiger partial charge in [0.15, 0.2) is 5.78 Å². The second-order valence-corrected chi connectivity index (χ2v) is 14.1. The molecule has 0 radical (unpaired) electrons. The predicted molar refractivity (Wildman–Crippen MR) is 158 cm³/mol. The number of hydrogen-bond donors (Lipinski definition) is 1. The summed E-state index contributed by atoms with van der Waals surface area (Å²) in [7, 11) is 2.05. The normalized spacial score (nSPS) is 35.9. The third kappa shape index (κ3) is 5.37. The van der Waals surface area contributed by atoms with Crippen LogP contribution in [0.4, 0.5) is 5.69 Å². The number of hydrogen-bond acceptors (Lipinski definition) is 4. The molecule has 1 aliphatic heterocycles. The van der Waals surface area contributed by atoms with Crippen molar-refractivity contribution >= 4 is 23.3 Å². The maximum atomic E-state index is 12.5. The van der Waals surface area contributed by atoms with Crippen molar-refractivity contribution in [1.82, 2.24) is 4.90 Å². The van der Waals surface area contributed by atoms with E-state index in [4.69, 9.17) is 4.74 Å². The number of nitrogens with one attached hydrogen (secondary N) is 1. The number of Topliss-reactive ketones (excluding diaryl/α,β-unsaturated/α-hetero) is 1. The smallest absolute Gasteiger partial charge is 0.250 e. The Balaban J connectivity index is 1.08. The number of anilines is 1. The lowest BCUT2D eigenvalue weighted by Gasteiger charge is -2.62. The lowest BCUT2D eigenvalue weighted by Crippen LogP contribution is -2.61. The average Bonchev–Trinajstić information content (AvgIpc) is 3.28. The highest BCUT2D eigenvalue weighted by atomic mass is 16.5. The summed E-state index contributed by atoms with van der Waals surface area (Å²) in [5.41, 5.74) is 2.03. The minimum atomic E-state index is -0.163. The molecule has 3 saturated carbocycles. The second kappa shape index (κ2) is 11.6. The number of fused-ring (bicyclic) bond motifs is 5. The zero-order valence-electron chi connectivity index (χ0n) is 25.3. The molecule has 1 saturated heterocycles. The Morgan fingerprint density at radius 3 is 2.48 bits per heavy atom. The number of piperidine rings is 1. The molecule has 2 amide bonds. The van der Waals surface area contributed by atoms with Gasteiger partial charge in [0.1, 0.15) is 6.61 Å². The molecule has 6 nitrogen and oxygen atoms in total. The number of carbonyl (C=O) groups excluding carboxylic acids is 3. The maximum absolute atomic E-state index is 12.5. The molecule has 5 rings (SSSR count). The van der Waals surface area contributed by atoms with Crippen molar-refractivity contribution in [2.75, 3.05) is 25.6 Å². The Morgan fingerprint density at radius 2 is 1.75 bits per heavy atom. The molecule has 0 bridgehead atoms. The van der Waals surface area contributed by atoms with Crippen molar-refractivity contribution in [1.29, 1.82) is 0 Å². The van der Waals surface area contributed by atoms with Crippen molar-refractivity contribution < 1.29 is 19.1 Å². The van der Waals surface area contributed by atoms with E-state index >= 15 is 0 Å². The molecule has 40 heavy (non-hydrogen) atoms. The van der Waals surface area contributed by atoms with E-state index in [-0.39, 0.29) is 23.7 Å². The fourth-order valence-corrected chi connectivity index (χ4v) is 9.98. The van der Waals surface area contributed by atoms with Crippen LogP contribution in [0.5, 0.6) is 0 Å². The van der Waals surface area contributed by atoms with Gasteiger partial charge < -0.3 is 15.0 Å². The number of nitrogens with zero attached hydrogens (tertiary/aromatic N) is 1. The van der Waals surface area contributed by atoms with Crippen LogP contribution >= 0.6 is 0 Å². The van der Waals surface area contributed by atoms with Gasteiger partial charge in [-0.2, -0.15) is 0 Å². The fraction of sp³-hybridized carbons (Fsp3) is 0.735. The third-order valence-corrected chi connectivity index (χ3v) is 12.1. The van der Waals surface area contributed by atoms with E-state index in [9.17, 15) is 14.4 Å². The van der Waals surface area contributed by atoms with E-state index in [0.717, 1.165) is 49.4 Å². The number of ether oxygens (including phenoxy) is 1. The summed E-state index contributed by atoms with van der Waals surface area (Å²) >= 11 is 0.